The third-order valence-corrected chi connectivity index (χ3v) is 8.11. The quantitative estimate of drug-likeness (QED) is 0.121. The van der Waals surface area contributed by atoms with Crippen molar-refractivity contribution >= 4 is 67.2 Å². The summed E-state index contributed by atoms with van der Waals surface area (Å²) in [6.45, 7) is 12.1. The second kappa shape index (κ2) is 10.5. The minimum Gasteiger partial charge on any atom is -0.311 e. The molecule has 0 bridgehead atoms. The van der Waals surface area contributed by atoms with Crippen LogP contribution in [0.25, 0.3) is 49.3 Å². The molecule has 3 heteroatoms. The molecule has 202 valence electrons. The van der Waals surface area contributed by atoms with Crippen molar-refractivity contribution < 1.29 is 0 Å². The zero-order chi connectivity index (χ0) is 29.5. The van der Waals surface area contributed by atoms with E-state index >= 15 is 0 Å². The smallest absolute Gasteiger partial charge is 0.212 e. The van der Waals surface area contributed by atoms with Crippen LogP contribution < -0.4 is 4.90 Å². The van der Waals surface area contributed by atoms with Crippen LogP contribution in [0.3, 0.4) is 0 Å². The lowest BCUT2D eigenvalue weighted by Gasteiger charge is -2.25. The number of nitriles is 1. The summed E-state index contributed by atoms with van der Waals surface area (Å²) in [6.07, 6.45) is 4.18. The Morgan fingerprint density at radius 2 is 1.23 bits per heavy atom. The Labute approximate surface area is 251 Å². The summed E-state index contributed by atoms with van der Waals surface area (Å²) in [6, 6.07) is 42.5. The van der Waals surface area contributed by atoms with E-state index in [1.54, 1.807) is 0 Å². The van der Waals surface area contributed by atoms with Gasteiger partial charge < -0.3 is 4.90 Å². The molecule has 0 atom stereocenters. The van der Waals surface area contributed by atoms with E-state index in [4.69, 9.17) is 6.57 Å². The molecule has 3 nitrogen and oxygen atoms in total. The van der Waals surface area contributed by atoms with E-state index in [2.05, 4.69) is 138 Å². The van der Waals surface area contributed by atoms with E-state index in [1.165, 1.54) is 5.56 Å². The first-order valence-electron chi connectivity index (χ1n) is 14.3. The summed E-state index contributed by atoms with van der Waals surface area (Å²) >= 11 is 0. The van der Waals surface area contributed by atoms with Crippen molar-refractivity contribution in [1.29, 1.82) is 5.26 Å². The van der Waals surface area contributed by atoms with Crippen molar-refractivity contribution in [2.45, 2.75) is 13.8 Å². The molecule has 0 aliphatic rings. The number of anilines is 3. The summed E-state index contributed by atoms with van der Waals surface area (Å²) < 4.78 is 0. The molecule has 0 aromatic heterocycles. The molecule has 0 saturated heterocycles. The average Bonchev–Trinajstić information content (AvgIpc) is 3.04. The predicted octanol–water partition coefficient (Wildman–Crippen LogP) is 11.3. The molecule has 43 heavy (non-hydrogen) atoms. The zero-order valence-electron chi connectivity index (χ0n) is 24.0. The summed E-state index contributed by atoms with van der Waals surface area (Å²) in [4.78, 5) is 6.12. The van der Waals surface area contributed by atoms with E-state index in [-0.39, 0.29) is 0 Å². The van der Waals surface area contributed by atoms with Gasteiger partial charge in [0.15, 0.2) is 0 Å². The first-order valence-corrected chi connectivity index (χ1v) is 14.3. The molecule has 0 saturated carbocycles. The average molecular weight is 550 g/mol. The first kappa shape index (κ1) is 26.0. The Kier molecular flexibility index (Phi) is 6.35. The summed E-state index contributed by atoms with van der Waals surface area (Å²) in [5, 5.41) is 16.1. The van der Waals surface area contributed by atoms with Crippen molar-refractivity contribution in [3.8, 4) is 6.07 Å². The van der Waals surface area contributed by atoms with Gasteiger partial charge in [0.2, 0.25) is 5.69 Å². The maximum atomic E-state index is 10.1. The van der Waals surface area contributed by atoms with E-state index in [1.807, 2.05) is 19.1 Å². The Balaban J connectivity index is 1.28. The topological polar surface area (TPSA) is 31.4 Å². The van der Waals surface area contributed by atoms with Crippen LogP contribution in [0.2, 0.25) is 0 Å². The number of hydrogen-bond acceptors (Lipinski definition) is 2. The van der Waals surface area contributed by atoms with Crippen molar-refractivity contribution in [1.82, 2.24) is 0 Å². The van der Waals surface area contributed by atoms with Gasteiger partial charge in [0.25, 0.3) is 0 Å². The second-order valence-electron chi connectivity index (χ2n) is 11.0. The van der Waals surface area contributed by atoms with E-state index < -0.39 is 0 Å². The van der Waals surface area contributed by atoms with Gasteiger partial charge in [-0.25, -0.2) is 4.85 Å². The molecular weight excluding hydrogens is 522 g/mol. The van der Waals surface area contributed by atoms with Crippen molar-refractivity contribution in [2.24, 2.45) is 0 Å². The molecule has 7 rings (SSSR count). The Hall–Kier alpha value is -5.90. The van der Waals surface area contributed by atoms with Gasteiger partial charge in [-0.15, -0.1) is 0 Å². The van der Waals surface area contributed by atoms with Crippen molar-refractivity contribution in [3.05, 3.63) is 154 Å². The molecule has 0 aliphatic heterocycles. The highest BCUT2D eigenvalue weighted by Gasteiger charge is 2.19. The molecule has 0 amide bonds. The number of para-hydroxylation sites is 1. The minimum absolute atomic E-state index is 0.426. The number of benzene rings is 7. The monoisotopic (exact) mass is 549 g/mol. The molecule has 0 spiro atoms. The van der Waals surface area contributed by atoms with E-state index in [0.29, 0.717) is 11.3 Å². The lowest BCUT2D eigenvalue weighted by atomic mass is 9.88. The van der Waals surface area contributed by atoms with Gasteiger partial charge >= 0.3 is 0 Å². The van der Waals surface area contributed by atoms with Crippen molar-refractivity contribution in [3.63, 3.8) is 0 Å². The maximum absolute atomic E-state index is 10.1. The van der Waals surface area contributed by atoms with E-state index in [0.717, 1.165) is 66.1 Å². The Morgan fingerprint density at radius 3 is 1.91 bits per heavy atom. The van der Waals surface area contributed by atoms with Crippen LogP contribution in [0.5, 0.6) is 0 Å². The lowest BCUT2D eigenvalue weighted by Crippen LogP contribution is -2.09. The van der Waals surface area contributed by atoms with Crippen LogP contribution in [-0.2, 0) is 0 Å². The number of nitrogens with zero attached hydrogens (tertiary/aromatic N) is 3. The molecule has 0 fully saturated rings. The Bertz CT molecular complexity index is 2250. The van der Waals surface area contributed by atoms with Crippen molar-refractivity contribution in [2.75, 3.05) is 4.90 Å². The van der Waals surface area contributed by atoms with Crippen LogP contribution in [0, 0.1) is 31.8 Å². The second-order valence-corrected chi connectivity index (χ2v) is 11.0. The highest BCUT2D eigenvalue weighted by atomic mass is 15.1. The SMILES string of the molecule is [C-]#[N+]c1c(C#N)c2cc(C)cc3ccc4cc(C=Cc5ccc(N(c6ccccc6)c6ccc(C)cc6)cc5)cc1c4c32. The number of hydrogen-bond donors (Lipinski definition) is 0. The lowest BCUT2D eigenvalue weighted by molar-refractivity contribution is 1.27. The van der Waals surface area contributed by atoms with Gasteiger partial charge in [-0.2, -0.15) is 5.26 Å². The molecule has 0 aliphatic carbocycles. The van der Waals surface area contributed by atoms with Crippen LogP contribution >= 0.6 is 0 Å². The van der Waals surface area contributed by atoms with Gasteiger partial charge in [0.1, 0.15) is 0 Å². The predicted molar refractivity (Wildman–Crippen MR) is 181 cm³/mol. The van der Waals surface area contributed by atoms with Crippen LogP contribution in [0.15, 0.2) is 115 Å². The van der Waals surface area contributed by atoms with Gasteiger partial charge in [0, 0.05) is 17.1 Å². The van der Waals surface area contributed by atoms with Gasteiger partial charge in [-0.05, 0) is 105 Å². The molecule has 0 radical (unpaired) electrons. The third-order valence-electron chi connectivity index (χ3n) is 8.11. The Morgan fingerprint density at radius 1 is 0.628 bits per heavy atom. The first-order chi connectivity index (χ1) is 21.0. The highest BCUT2D eigenvalue weighted by Crippen LogP contribution is 2.44. The largest absolute Gasteiger partial charge is 0.311 e. The fraction of sp³-hybridized carbons (Fsp3) is 0.0500. The minimum atomic E-state index is 0.426. The molecule has 0 unspecified atom stereocenters. The summed E-state index contributed by atoms with van der Waals surface area (Å²) in [5.41, 5.74) is 8.55. The molecule has 0 heterocycles. The van der Waals surface area contributed by atoms with Gasteiger partial charge in [-0.1, -0.05) is 90.5 Å². The molecular formula is C40H27N3. The van der Waals surface area contributed by atoms with E-state index in [9.17, 15) is 5.26 Å². The van der Waals surface area contributed by atoms with Crippen LogP contribution in [-0.4, -0.2) is 0 Å². The standard InChI is InChI=1S/C40H27N3/c1-26-9-17-33(18-10-26)43(32-7-5-4-6-8-32)34-19-13-28(14-20-34)11-12-29-23-31-16-15-30-21-27(2)22-35-37(25-41)40(42-3)36(24-29)39(31)38(30)35/h4-24H,1-2H3. The number of aryl methyl sites for hydroxylation is 2. The highest BCUT2D eigenvalue weighted by molar-refractivity contribution is 6.28. The zero-order valence-corrected chi connectivity index (χ0v) is 24.0. The molecule has 7 aromatic rings. The number of rotatable bonds is 5. The van der Waals surface area contributed by atoms with Gasteiger partial charge in [-0.3, -0.25) is 0 Å². The third kappa shape index (κ3) is 4.55. The molecule has 0 N–H and O–H groups in total. The summed E-state index contributed by atoms with van der Waals surface area (Å²) in [7, 11) is 0. The fourth-order valence-corrected chi connectivity index (χ4v) is 6.12. The normalized spacial score (nSPS) is 11.3. The van der Waals surface area contributed by atoms with Crippen LogP contribution in [0.1, 0.15) is 27.8 Å². The maximum Gasteiger partial charge on any atom is 0.212 e. The molecule has 7 aromatic carbocycles. The van der Waals surface area contributed by atoms with Crippen LogP contribution in [0.4, 0.5) is 22.7 Å². The van der Waals surface area contributed by atoms with Gasteiger partial charge in [0.05, 0.1) is 18.2 Å². The fourth-order valence-electron chi connectivity index (χ4n) is 6.12. The summed E-state index contributed by atoms with van der Waals surface area (Å²) in [5.74, 6) is 0.